The molecule has 13 heteroatoms. The lowest BCUT2D eigenvalue weighted by Crippen LogP contribution is -2.63. The van der Waals surface area contributed by atoms with Gasteiger partial charge in [-0.2, -0.15) is 0 Å². The molecule has 0 unspecified atom stereocenters. The molecule has 6 N–H and O–H groups in total. The van der Waals surface area contributed by atoms with Crippen LogP contribution < -0.4 is 5.73 Å². The number of fused-ring (bicyclic) bond motifs is 3. The van der Waals surface area contributed by atoms with Crippen LogP contribution in [0.1, 0.15) is 34.8 Å². The highest BCUT2D eigenvalue weighted by Gasteiger charge is 2.63. The Morgan fingerprint density at radius 2 is 1.90 bits per heavy atom. The smallest absolute Gasteiger partial charge is 0.255 e. The molecule has 0 saturated carbocycles. The fourth-order valence-corrected chi connectivity index (χ4v) is 6.50. The van der Waals surface area contributed by atoms with Crippen molar-refractivity contribution in [2.75, 3.05) is 27.2 Å². The Kier molecular flexibility index (Phi) is 7.54. The Bertz CT molecular complexity index is 1330. The van der Waals surface area contributed by atoms with E-state index in [0.717, 1.165) is 0 Å². The lowest BCUT2D eigenvalue weighted by molar-refractivity contribution is -0.148. The summed E-state index contributed by atoms with van der Waals surface area (Å²) in [6.07, 6.45) is -2.66. The number of alkyl halides is 2. The molecule has 0 fully saturated rings. The second-order valence-electron chi connectivity index (χ2n) is 10.4. The third-order valence-corrected chi connectivity index (χ3v) is 8.44. The number of likely N-dealkylation sites (N-methyl/N-ethyl adjacent to an activating group) is 1. The second kappa shape index (κ2) is 10.2. The minimum absolute atomic E-state index is 0.00967. The quantitative estimate of drug-likeness (QED) is 0.308. The van der Waals surface area contributed by atoms with Crippen LogP contribution in [0.4, 0.5) is 8.78 Å². The molecule has 1 amide bonds. The summed E-state index contributed by atoms with van der Waals surface area (Å²) < 4.78 is 26.0. The van der Waals surface area contributed by atoms with Crippen LogP contribution in [0.5, 0.6) is 5.75 Å². The number of amides is 1. The van der Waals surface area contributed by atoms with Gasteiger partial charge in [0.15, 0.2) is 11.4 Å². The molecular weight excluding hydrogens is 540 g/mol. The Labute approximate surface area is 227 Å². The van der Waals surface area contributed by atoms with Crippen LogP contribution >= 0.6 is 11.6 Å². The van der Waals surface area contributed by atoms with Gasteiger partial charge in [-0.3, -0.25) is 24.2 Å². The first-order chi connectivity index (χ1) is 18.2. The number of carbonyl (C=O) groups is 3. The number of allylic oxidation sites excluding steroid dienone is 1. The van der Waals surface area contributed by atoms with E-state index >= 15 is 0 Å². The van der Waals surface area contributed by atoms with Crippen LogP contribution in [0, 0.1) is 11.8 Å². The third kappa shape index (κ3) is 4.39. The number of nitrogens with two attached hydrogens (primary N) is 1. The molecule has 0 aliphatic heterocycles. The fraction of sp³-hybridized carbons (Fsp3) is 0.500. The monoisotopic (exact) mass is 569 g/mol. The zero-order valence-corrected chi connectivity index (χ0v) is 22.3. The van der Waals surface area contributed by atoms with Crippen molar-refractivity contribution >= 4 is 29.1 Å². The summed E-state index contributed by atoms with van der Waals surface area (Å²) in [4.78, 5) is 41.9. The third-order valence-electron chi connectivity index (χ3n) is 7.97. The lowest BCUT2D eigenvalue weighted by atomic mass is 9.58. The van der Waals surface area contributed by atoms with Gasteiger partial charge in [-0.1, -0.05) is 18.5 Å². The molecule has 0 bridgehead atoms. The first kappa shape index (κ1) is 28.9. The van der Waals surface area contributed by atoms with Gasteiger partial charge in [-0.05, 0) is 56.6 Å². The molecule has 4 rings (SSSR count). The topological polar surface area (TPSA) is 165 Å². The molecule has 39 heavy (non-hydrogen) atoms. The Morgan fingerprint density at radius 3 is 2.44 bits per heavy atom. The fourth-order valence-electron chi connectivity index (χ4n) is 6.21. The molecule has 0 heterocycles. The number of aliphatic hydroxyl groups is 3. The van der Waals surface area contributed by atoms with E-state index in [4.69, 9.17) is 17.3 Å². The summed E-state index contributed by atoms with van der Waals surface area (Å²) in [5.41, 5.74) is 1.74. The normalized spacial score (nSPS) is 26.9. The maximum atomic E-state index is 13.7. The lowest BCUT2D eigenvalue weighted by Gasteiger charge is -2.50. The number of aliphatic hydroxyl groups excluding tert-OH is 2. The minimum Gasteiger partial charge on any atom is -0.510 e. The Morgan fingerprint density at radius 1 is 1.26 bits per heavy atom. The predicted molar refractivity (Wildman–Crippen MR) is 136 cm³/mol. The summed E-state index contributed by atoms with van der Waals surface area (Å²) in [6.45, 7) is 1.45. The molecule has 4 atom stereocenters. The van der Waals surface area contributed by atoms with Gasteiger partial charge in [0.1, 0.15) is 22.8 Å². The highest BCUT2D eigenvalue weighted by Crippen LogP contribution is 2.53. The molecule has 3 aliphatic carbocycles. The number of ketones is 2. The number of phenolic OH excluding ortho intramolecular Hbond substituents is 1. The van der Waals surface area contributed by atoms with E-state index in [0.29, 0.717) is 5.56 Å². The van der Waals surface area contributed by atoms with Gasteiger partial charge in [0.05, 0.1) is 18.2 Å². The number of hydrogen-bond donors (Lipinski definition) is 5. The second-order valence-corrected chi connectivity index (χ2v) is 10.8. The van der Waals surface area contributed by atoms with Crippen molar-refractivity contribution in [3.8, 4) is 5.75 Å². The average molecular weight is 570 g/mol. The van der Waals surface area contributed by atoms with Gasteiger partial charge in [-0.25, -0.2) is 8.78 Å². The van der Waals surface area contributed by atoms with Crippen molar-refractivity contribution < 1.29 is 43.6 Å². The number of phenols is 1. The summed E-state index contributed by atoms with van der Waals surface area (Å²) in [5, 5.41) is 44.6. The van der Waals surface area contributed by atoms with Crippen LogP contribution in [0.2, 0.25) is 5.02 Å². The van der Waals surface area contributed by atoms with Crippen molar-refractivity contribution in [2.24, 2.45) is 17.6 Å². The van der Waals surface area contributed by atoms with Crippen LogP contribution in [-0.4, -0.2) is 93.0 Å². The summed E-state index contributed by atoms with van der Waals surface area (Å²) >= 11 is 6.65. The van der Waals surface area contributed by atoms with Gasteiger partial charge in [0.2, 0.25) is 5.78 Å². The maximum absolute atomic E-state index is 13.7. The molecule has 3 aliphatic rings. The highest BCUT2D eigenvalue weighted by atomic mass is 35.5. The number of halogens is 3. The Balaban J connectivity index is 1.86. The van der Waals surface area contributed by atoms with Crippen molar-refractivity contribution in [1.82, 2.24) is 9.80 Å². The van der Waals surface area contributed by atoms with Crippen LogP contribution in [-0.2, 0) is 22.6 Å². The number of primary amides is 1. The van der Waals surface area contributed by atoms with Crippen molar-refractivity contribution in [3.63, 3.8) is 0 Å². The molecule has 1 aromatic carbocycles. The zero-order chi connectivity index (χ0) is 29.1. The number of hydrogen-bond acceptors (Lipinski definition) is 9. The first-order valence-corrected chi connectivity index (χ1v) is 12.7. The van der Waals surface area contributed by atoms with Crippen molar-refractivity contribution in [2.45, 2.75) is 44.4 Å². The first-order valence-electron chi connectivity index (χ1n) is 12.3. The maximum Gasteiger partial charge on any atom is 0.255 e. The molecular formula is C26H30ClF2N3O7. The SMILES string of the molecule is CCN(Cc1cc(O)c2c(c1Cl)C[C@H]1C[C@H]3[C@H](N(C)C)C(O)=C(C(N)=O)C(=O)[C@@]3(O)C(O)=C1C2=O)CC(F)F. The molecule has 0 saturated heterocycles. The molecule has 212 valence electrons. The molecule has 0 radical (unpaired) electrons. The van der Waals surface area contributed by atoms with Gasteiger partial charge in [0, 0.05) is 23.1 Å². The van der Waals surface area contributed by atoms with Gasteiger partial charge >= 0.3 is 0 Å². The summed E-state index contributed by atoms with van der Waals surface area (Å²) in [6, 6.07) is 0.0868. The molecule has 0 aromatic heterocycles. The average Bonchev–Trinajstić information content (AvgIpc) is 2.83. The van der Waals surface area contributed by atoms with Crippen LogP contribution in [0.3, 0.4) is 0 Å². The van der Waals surface area contributed by atoms with Crippen LogP contribution in [0.15, 0.2) is 28.7 Å². The molecule has 10 nitrogen and oxygen atoms in total. The van der Waals surface area contributed by atoms with Crippen molar-refractivity contribution in [3.05, 3.63) is 50.4 Å². The number of carbonyl (C=O) groups excluding carboxylic acids is 3. The summed E-state index contributed by atoms with van der Waals surface area (Å²) in [7, 11) is 3.07. The van der Waals surface area contributed by atoms with Gasteiger partial charge in [-0.15, -0.1) is 0 Å². The standard InChI is InChI=1S/C26H30ClF2N3O7/c1-4-32(9-15(28)29)8-11-7-14(33)17-12(19(11)27)5-10-6-13-20(31(2)3)22(35)18(25(30)38)24(37)26(13,39)23(36)16(10)21(17)34/h7,10,13,15,20,33,35-36,39H,4-6,8-9H2,1-3H3,(H2,30,38)/t10-,13-,20-,26-/m0/s1. The number of Topliss-reactive ketones (excluding diaryl/α,β-unsaturated/α-hetero) is 2. The van der Waals surface area contributed by atoms with E-state index in [9.17, 15) is 43.6 Å². The van der Waals surface area contributed by atoms with Gasteiger partial charge in [0.25, 0.3) is 12.3 Å². The molecule has 1 aromatic rings. The van der Waals surface area contributed by atoms with E-state index < -0.39 is 76.8 Å². The number of rotatable bonds is 7. The summed E-state index contributed by atoms with van der Waals surface area (Å²) in [5.74, 6) is -7.58. The van der Waals surface area contributed by atoms with Crippen molar-refractivity contribution in [1.29, 1.82) is 0 Å². The van der Waals surface area contributed by atoms with E-state index in [1.54, 1.807) is 6.92 Å². The number of aromatic hydroxyl groups is 1. The number of benzene rings is 1. The van der Waals surface area contributed by atoms with Crippen LogP contribution in [0.25, 0.3) is 0 Å². The predicted octanol–water partition coefficient (Wildman–Crippen LogP) is 1.86. The largest absolute Gasteiger partial charge is 0.510 e. The zero-order valence-electron chi connectivity index (χ0n) is 21.5. The molecule has 0 spiro atoms. The van der Waals surface area contributed by atoms with Gasteiger partial charge < -0.3 is 26.2 Å². The van der Waals surface area contributed by atoms with E-state index in [-0.39, 0.29) is 47.7 Å². The van der Waals surface area contributed by atoms with E-state index in [1.165, 1.54) is 30.0 Å². The van der Waals surface area contributed by atoms with E-state index in [1.807, 2.05) is 0 Å². The number of nitrogens with zero attached hydrogens (tertiary/aromatic N) is 2. The van der Waals surface area contributed by atoms with E-state index in [2.05, 4.69) is 0 Å². The Hall–Kier alpha value is -3.06. The minimum atomic E-state index is -2.74. The highest BCUT2D eigenvalue weighted by molar-refractivity contribution is 6.33.